The summed E-state index contributed by atoms with van der Waals surface area (Å²) in [4.78, 5) is 33.0. The van der Waals surface area contributed by atoms with Crippen molar-refractivity contribution in [3.63, 3.8) is 0 Å². The van der Waals surface area contributed by atoms with E-state index in [1.54, 1.807) is 0 Å². The fourth-order valence-electron chi connectivity index (χ4n) is 1.72. The molecule has 0 aromatic carbocycles. The Hall–Kier alpha value is -1.79. The number of carbonyl (C=O) groups is 3. The van der Waals surface area contributed by atoms with Crippen molar-refractivity contribution >= 4 is 18.0 Å². The first-order valence-corrected chi connectivity index (χ1v) is 6.88. The SMILES string of the molecule is CCCCC(C)NC(=O)N[C@H](CCCC(=O)O)C(=O)O. The van der Waals surface area contributed by atoms with E-state index in [1.807, 2.05) is 6.92 Å². The summed E-state index contributed by atoms with van der Waals surface area (Å²) in [7, 11) is 0. The van der Waals surface area contributed by atoms with Crippen LogP contribution in [0.25, 0.3) is 0 Å². The zero-order chi connectivity index (χ0) is 15.5. The molecule has 2 amide bonds. The van der Waals surface area contributed by atoms with Gasteiger partial charge in [-0.15, -0.1) is 0 Å². The van der Waals surface area contributed by atoms with Gasteiger partial charge in [-0.3, -0.25) is 4.79 Å². The number of aliphatic carboxylic acids is 2. The van der Waals surface area contributed by atoms with Crippen LogP contribution in [-0.2, 0) is 9.59 Å². The number of urea groups is 1. The lowest BCUT2D eigenvalue weighted by Crippen LogP contribution is -2.48. The molecule has 0 spiro atoms. The van der Waals surface area contributed by atoms with Gasteiger partial charge in [-0.25, -0.2) is 9.59 Å². The Kier molecular flexibility index (Phi) is 9.15. The minimum atomic E-state index is -1.16. The summed E-state index contributed by atoms with van der Waals surface area (Å²) in [6.07, 6.45) is 3.04. The summed E-state index contributed by atoms with van der Waals surface area (Å²) in [5, 5.41) is 22.5. The molecule has 7 nitrogen and oxygen atoms in total. The van der Waals surface area contributed by atoms with Gasteiger partial charge in [0, 0.05) is 12.5 Å². The van der Waals surface area contributed by atoms with Crippen LogP contribution in [0.4, 0.5) is 4.79 Å². The first kappa shape index (κ1) is 18.2. The standard InChI is InChI=1S/C13H24N2O5/c1-3-4-6-9(2)14-13(20)15-10(12(18)19)7-5-8-11(16)17/h9-10H,3-8H2,1-2H3,(H,16,17)(H,18,19)(H2,14,15,20)/t9?,10-/m1/s1. The van der Waals surface area contributed by atoms with Gasteiger partial charge in [0.05, 0.1) is 0 Å². The first-order chi connectivity index (χ1) is 9.36. The largest absolute Gasteiger partial charge is 0.481 e. The van der Waals surface area contributed by atoms with E-state index in [-0.39, 0.29) is 25.3 Å². The first-order valence-electron chi connectivity index (χ1n) is 6.88. The average Bonchev–Trinajstić information content (AvgIpc) is 2.34. The molecule has 4 N–H and O–H groups in total. The van der Waals surface area contributed by atoms with Gasteiger partial charge in [-0.2, -0.15) is 0 Å². The van der Waals surface area contributed by atoms with Crippen molar-refractivity contribution < 1.29 is 24.6 Å². The fourth-order valence-corrected chi connectivity index (χ4v) is 1.72. The van der Waals surface area contributed by atoms with Crippen LogP contribution in [0, 0.1) is 0 Å². The summed E-state index contributed by atoms with van der Waals surface area (Å²) in [5.74, 6) is -2.14. The monoisotopic (exact) mass is 288 g/mol. The molecule has 0 bridgehead atoms. The van der Waals surface area contributed by atoms with Gasteiger partial charge < -0.3 is 20.8 Å². The van der Waals surface area contributed by atoms with E-state index in [2.05, 4.69) is 17.6 Å². The van der Waals surface area contributed by atoms with Crippen LogP contribution in [0.3, 0.4) is 0 Å². The van der Waals surface area contributed by atoms with Crippen molar-refractivity contribution in [1.82, 2.24) is 10.6 Å². The highest BCUT2D eigenvalue weighted by atomic mass is 16.4. The Labute approximate surface area is 118 Å². The summed E-state index contributed by atoms with van der Waals surface area (Å²) < 4.78 is 0. The number of rotatable bonds is 10. The topological polar surface area (TPSA) is 116 Å². The number of carboxylic acid groups (broad SMARTS) is 2. The Balaban J connectivity index is 4.13. The number of hydrogen-bond donors (Lipinski definition) is 4. The maximum Gasteiger partial charge on any atom is 0.326 e. The van der Waals surface area contributed by atoms with Gasteiger partial charge in [-0.05, 0) is 26.2 Å². The van der Waals surface area contributed by atoms with Crippen molar-refractivity contribution in [2.24, 2.45) is 0 Å². The predicted molar refractivity (Wildman–Crippen MR) is 73.6 cm³/mol. The molecule has 0 fully saturated rings. The quantitative estimate of drug-likeness (QED) is 0.487. The molecular weight excluding hydrogens is 264 g/mol. The highest BCUT2D eigenvalue weighted by molar-refractivity contribution is 5.82. The van der Waals surface area contributed by atoms with E-state index in [0.717, 1.165) is 19.3 Å². The molecule has 0 aromatic heterocycles. The van der Waals surface area contributed by atoms with Crippen LogP contribution >= 0.6 is 0 Å². The lowest BCUT2D eigenvalue weighted by atomic mass is 10.1. The molecule has 0 saturated carbocycles. The van der Waals surface area contributed by atoms with E-state index in [0.29, 0.717) is 0 Å². The van der Waals surface area contributed by atoms with Crippen molar-refractivity contribution in [3.8, 4) is 0 Å². The number of carbonyl (C=O) groups excluding carboxylic acids is 1. The molecule has 1 unspecified atom stereocenters. The molecule has 0 radical (unpaired) electrons. The minimum Gasteiger partial charge on any atom is -0.481 e. The van der Waals surface area contributed by atoms with Crippen molar-refractivity contribution in [2.75, 3.05) is 0 Å². The van der Waals surface area contributed by atoms with Gasteiger partial charge in [0.1, 0.15) is 6.04 Å². The molecule has 116 valence electrons. The van der Waals surface area contributed by atoms with Crippen LogP contribution in [-0.4, -0.2) is 40.3 Å². The summed E-state index contributed by atoms with van der Waals surface area (Å²) >= 11 is 0. The molecule has 0 heterocycles. The van der Waals surface area contributed by atoms with Gasteiger partial charge >= 0.3 is 18.0 Å². The maximum absolute atomic E-state index is 11.6. The Morgan fingerprint density at radius 2 is 1.70 bits per heavy atom. The second kappa shape index (κ2) is 10.1. The molecule has 0 rings (SSSR count). The van der Waals surface area contributed by atoms with E-state index < -0.39 is 24.0 Å². The van der Waals surface area contributed by atoms with Gasteiger partial charge in [0.15, 0.2) is 0 Å². The van der Waals surface area contributed by atoms with Gasteiger partial charge in [0.2, 0.25) is 0 Å². The van der Waals surface area contributed by atoms with E-state index in [4.69, 9.17) is 10.2 Å². The van der Waals surface area contributed by atoms with Crippen molar-refractivity contribution in [3.05, 3.63) is 0 Å². The highest BCUT2D eigenvalue weighted by Crippen LogP contribution is 2.03. The predicted octanol–water partition coefficient (Wildman–Crippen LogP) is 1.57. The molecule has 0 aromatic rings. The van der Waals surface area contributed by atoms with E-state index in [9.17, 15) is 14.4 Å². The zero-order valence-electron chi connectivity index (χ0n) is 12.0. The van der Waals surface area contributed by atoms with Crippen LogP contribution < -0.4 is 10.6 Å². The van der Waals surface area contributed by atoms with Crippen LogP contribution in [0.2, 0.25) is 0 Å². The molecule has 0 aliphatic rings. The second-order valence-electron chi connectivity index (χ2n) is 4.84. The fraction of sp³-hybridized carbons (Fsp3) is 0.769. The summed E-state index contributed by atoms with van der Waals surface area (Å²) in [6.45, 7) is 3.91. The number of unbranched alkanes of at least 4 members (excludes halogenated alkanes) is 1. The van der Waals surface area contributed by atoms with Crippen molar-refractivity contribution in [1.29, 1.82) is 0 Å². The van der Waals surface area contributed by atoms with E-state index >= 15 is 0 Å². The van der Waals surface area contributed by atoms with Crippen molar-refractivity contribution in [2.45, 2.75) is 64.5 Å². The zero-order valence-corrected chi connectivity index (χ0v) is 12.0. The molecule has 2 atom stereocenters. The molecule has 0 saturated heterocycles. The third-order valence-electron chi connectivity index (χ3n) is 2.86. The van der Waals surface area contributed by atoms with Gasteiger partial charge in [-0.1, -0.05) is 19.8 Å². The average molecular weight is 288 g/mol. The number of hydrogen-bond acceptors (Lipinski definition) is 3. The van der Waals surface area contributed by atoms with E-state index in [1.165, 1.54) is 0 Å². The Bertz CT molecular complexity index is 333. The smallest absolute Gasteiger partial charge is 0.326 e. The number of carboxylic acids is 2. The molecule has 20 heavy (non-hydrogen) atoms. The summed E-state index contributed by atoms with van der Waals surface area (Å²) in [5.41, 5.74) is 0. The van der Waals surface area contributed by atoms with Gasteiger partial charge in [0.25, 0.3) is 0 Å². The number of nitrogens with one attached hydrogen (secondary N) is 2. The summed E-state index contributed by atoms with van der Waals surface area (Å²) in [6, 6.07) is -1.62. The highest BCUT2D eigenvalue weighted by Gasteiger charge is 2.20. The molecule has 0 aliphatic heterocycles. The third-order valence-corrected chi connectivity index (χ3v) is 2.86. The molecular formula is C13H24N2O5. The van der Waals surface area contributed by atoms with Crippen LogP contribution in [0.15, 0.2) is 0 Å². The maximum atomic E-state index is 11.6. The molecule has 7 heteroatoms. The lowest BCUT2D eigenvalue weighted by molar-refractivity contribution is -0.140. The number of amides is 2. The normalized spacial score (nSPS) is 13.3. The Morgan fingerprint density at radius 3 is 2.20 bits per heavy atom. The molecule has 0 aliphatic carbocycles. The minimum absolute atomic E-state index is 0.0246. The second-order valence-corrected chi connectivity index (χ2v) is 4.84. The van der Waals surface area contributed by atoms with Crippen LogP contribution in [0.1, 0.15) is 52.4 Å². The Morgan fingerprint density at radius 1 is 1.05 bits per heavy atom. The lowest BCUT2D eigenvalue weighted by Gasteiger charge is -2.18. The third kappa shape index (κ3) is 9.18. The van der Waals surface area contributed by atoms with Crippen LogP contribution in [0.5, 0.6) is 0 Å².